The molecule has 1 amide bonds. The van der Waals surface area contributed by atoms with E-state index >= 15 is 0 Å². The summed E-state index contributed by atoms with van der Waals surface area (Å²) in [5, 5.41) is 2.95. The molecule has 1 rings (SSSR count). The first-order valence-electron chi connectivity index (χ1n) is 8.03. The minimum absolute atomic E-state index is 0.0191. The van der Waals surface area contributed by atoms with Crippen molar-refractivity contribution < 1.29 is 14.3 Å². The van der Waals surface area contributed by atoms with Crippen LogP contribution in [0.3, 0.4) is 0 Å². The smallest absolute Gasteiger partial charge is 0.220 e. The van der Waals surface area contributed by atoms with E-state index in [0.29, 0.717) is 18.1 Å². The SMILES string of the molecule is CCOc1ccc(C(=O)CCC(=O)N[C@@H](C)[C@@H](C)CC)cc1. The number of ether oxygens (including phenoxy) is 1. The number of rotatable bonds is 9. The third-order valence-corrected chi connectivity index (χ3v) is 3.95. The van der Waals surface area contributed by atoms with Crippen molar-refractivity contribution >= 4 is 11.7 Å². The predicted molar refractivity (Wildman–Crippen MR) is 88.2 cm³/mol. The second kappa shape index (κ2) is 9.23. The second-order valence-electron chi connectivity index (χ2n) is 5.62. The summed E-state index contributed by atoms with van der Waals surface area (Å²) in [5.74, 6) is 1.10. The van der Waals surface area contributed by atoms with Crippen LogP contribution in [0, 0.1) is 5.92 Å². The Kier molecular flexibility index (Phi) is 7.64. The van der Waals surface area contributed by atoms with Gasteiger partial charge in [-0.25, -0.2) is 0 Å². The van der Waals surface area contributed by atoms with Gasteiger partial charge < -0.3 is 10.1 Å². The van der Waals surface area contributed by atoms with Crippen molar-refractivity contribution in [3.8, 4) is 5.75 Å². The van der Waals surface area contributed by atoms with E-state index in [1.165, 1.54) is 0 Å². The van der Waals surface area contributed by atoms with Crippen molar-refractivity contribution in [3.05, 3.63) is 29.8 Å². The van der Waals surface area contributed by atoms with Crippen molar-refractivity contribution in [3.63, 3.8) is 0 Å². The van der Waals surface area contributed by atoms with Gasteiger partial charge in [-0.3, -0.25) is 9.59 Å². The van der Waals surface area contributed by atoms with Crippen LogP contribution in [0.2, 0.25) is 0 Å². The van der Waals surface area contributed by atoms with E-state index in [-0.39, 0.29) is 30.6 Å². The summed E-state index contributed by atoms with van der Waals surface area (Å²) in [7, 11) is 0. The van der Waals surface area contributed by atoms with Crippen molar-refractivity contribution in [1.29, 1.82) is 0 Å². The molecule has 0 aromatic heterocycles. The van der Waals surface area contributed by atoms with Crippen molar-refractivity contribution in [2.75, 3.05) is 6.61 Å². The van der Waals surface area contributed by atoms with Crippen LogP contribution in [0.25, 0.3) is 0 Å². The van der Waals surface area contributed by atoms with E-state index in [0.717, 1.165) is 12.2 Å². The Morgan fingerprint density at radius 2 is 1.73 bits per heavy atom. The Labute approximate surface area is 133 Å². The number of amides is 1. The highest BCUT2D eigenvalue weighted by atomic mass is 16.5. The van der Waals surface area contributed by atoms with Crippen LogP contribution in [-0.4, -0.2) is 24.3 Å². The molecule has 4 heteroatoms. The molecule has 0 unspecified atom stereocenters. The highest BCUT2D eigenvalue weighted by Crippen LogP contribution is 2.14. The van der Waals surface area contributed by atoms with E-state index in [4.69, 9.17) is 4.74 Å². The Balaban J connectivity index is 2.43. The number of benzene rings is 1. The molecule has 0 spiro atoms. The summed E-state index contributed by atoms with van der Waals surface area (Å²) >= 11 is 0. The Morgan fingerprint density at radius 3 is 2.27 bits per heavy atom. The standard InChI is InChI=1S/C18H27NO3/c1-5-13(3)14(4)19-18(21)12-11-17(20)15-7-9-16(10-8-15)22-6-2/h7-10,13-14H,5-6,11-12H2,1-4H3,(H,19,21)/t13-,14-/m0/s1. The van der Waals surface area contributed by atoms with Crippen LogP contribution in [0.4, 0.5) is 0 Å². The largest absolute Gasteiger partial charge is 0.494 e. The lowest BCUT2D eigenvalue weighted by Crippen LogP contribution is -2.36. The average molecular weight is 305 g/mol. The molecule has 0 saturated heterocycles. The van der Waals surface area contributed by atoms with Crippen molar-refractivity contribution in [2.24, 2.45) is 5.92 Å². The fraction of sp³-hybridized carbons (Fsp3) is 0.556. The molecule has 0 heterocycles. The average Bonchev–Trinajstić information content (AvgIpc) is 2.52. The molecule has 2 atom stereocenters. The van der Waals surface area contributed by atoms with Crippen LogP contribution >= 0.6 is 0 Å². The van der Waals surface area contributed by atoms with Gasteiger partial charge in [0.15, 0.2) is 5.78 Å². The monoisotopic (exact) mass is 305 g/mol. The van der Waals surface area contributed by atoms with Gasteiger partial charge in [0.05, 0.1) is 6.61 Å². The molecular weight excluding hydrogens is 278 g/mol. The molecule has 0 bridgehead atoms. The number of carbonyl (C=O) groups is 2. The van der Waals surface area contributed by atoms with E-state index in [1.807, 2.05) is 13.8 Å². The molecule has 0 aliphatic rings. The van der Waals surface area contributed by atoms with Gasteiger partial charge in [0, 0.05) is 24.4 Å². The number of hydrogen-bond donors (Lipinski definition) is 1. The Morgan fingerprint density at radius 1 is 1.09 bits per heavy atom. The molecule has 0 aliphatic carbocycles. The summed E-state index contributed by atoms with van der Waals surface area (Å²) in [6.07, 6.45) is 1.48. The third kappa shape index (κ3) is 5.88. The first-order valence-corrected chi connectivity index (χ1v) is 8.03. The number of hydrogen-bond acceptors (Lipinski definition) is 3. The number of ketones is 1. The van der Waals surface area contributed by atoms with Crippen molar-refractivity contribution in [2.45, 2.75) is 53.0 Å². The molecule has 1 aromatic carbocycles. The molecule has 1 aromatic rings. The topological polar surface area (TPSA) is 55.4 Å². The number of Topliss-reactive ketones (excluding diaryl/α,β-unsaturated/α-hetero) is 1. The molecule has 4 nitrogen and oxygen atoms in total. The maximum absolute atomic E-state index is 12.1. The highest BCUT2D eigenvalue weighted by Gasteiger charge is 2.14. The van der Waals surface area contributed by atoms with Gasteiger partial charge in [0.25, 0.3) is 0 Å². The molecule has 0 fully saturated rings. The second-order valence-corrected chi connectivity index (χ2v) is 5.62. The van der Waals surface area contributed by atoms with E-state index in [1.54, 1.807) is 24.3 Å². The highest BCUT2D eigenvalue weighted by molar-refractivity contribution is 5.98. The number of carbonyl (C=O) groups excluding carboxylic acids is 2. The lowest BCUT2D eigenvalue weighted by Gasteiger charge is -2.19. The molecule has 22 heavy (non-hydrogen) atoms. The van der Waals surface area contributed by atoms with E-state index in [9.17, 15) is 9.59 Å². The lowest BCUT2D eigenvalue weighted by atomic mass is 10.0. The zero-order chi connectivity index (χ0) is 16.5. The third-order valence-electron chi connectivity index (χ3n) is 3.95. The van der Waals surface area contributed by atoms with Gasteiger partial charge in [0.1, 0.15) is 5.75 Å². The summed E-state index contributed by atoms with van der Waals surface area (Å²) in [4.78, 5) is 23.9. The van der Waals surface area contributed by atoms with Gasteiger partial charge in [-0.1, -0.05) is 20.3 Å². The predicted octanol–water partition coefficient (Wildman–Crippen LogP) is 3.60. The van der Waals surface area contributed by atoms with Gasteiger partial charge in [0.2, 0.25) is 5.91 Å². The van der Waals surface area contributed by atoms with Gasteiger partial charge in [-0.2, -0.15) is 0 Å². The molecular formula is C18H27NO3. The van der Waals surface area contributed by atoms with Crippen LogP contribution < -0.4 is 10.1 Å². The molecule has 0 aliphatic heterocycles. The van der Waals surface area contributed by atoms with E-state index < -0.39 is 0 Å². The normalized spacial score (nSPS) is 13.3. The van der Waals surface area contributed by atoms with Crippen LogP contribution in [0.5, 0.6) is 5.75 Å². The summed E-state index contributed by atoms with van der Waals surface area (Å²) < 4.78 is 5.34. The van der Waals surface area contributed by atoms with Crippen LogP contribution in [0.15, 0.2) is 24.3 Å². The van der Waals surface area contributed by atoms with Crippen LogP contribution in [-0.2, 0) is 4.79 Å². The quantitative estimate of drug-likeness (QED) is 0.709. The maximum atomic E-state index is 12.1. The van der Waals surface area contributed by atoms with Gasteiger partial charge >= 0.3 is 0 Å². The van der Waals surface area contributed by atoms with Crippen molar-refractivity contribution in [1.82, 2.24) is 5.32 Å². The minimum Gasteiger partial charge on any atom is -0.494 e. The summed E-state index contributed by atoms with van der Waals surface area (Å²) in [6, 6.07) is 7.18. The van der Waals surface area contributed by atoms with Crippen LogP contribution in [0.1, 0.15) is 57.3 Å². The first kappa shape index (κ1) is 18.2. The fourth-order valence-electron chi connectivity index (χ4n) is 2.10. The zero-order valence-corrected chi connectivity index (χ0v) is 14.0. The molecule has 1 N–H and O–H groups in total. The summed E-state index contributed by atoms with van der Waals surface area (Å²) in [6.45, 7) is 8.72. The Bertz CT molecular complexity index is 482. The fourth-order valence-corrected chi connectivity index (χ4v) is 2.10. The van der Waals surface area contributed by atoms with Gasteiger partial charge in [-0.15, -0.1) is 0 Å². The Hall–Kier alpha value is -1.84. The summed E-state index contributed by atoms with van der Waals surface area (Å²) in [5.41, 5.74) is 0.617. The number of nitrogens with one attached hydrogen (secondary N) is 1. The van der Waals surface area contributed by atoms with Gasteiger partial charge in [-0.05, 0) is 44.0 Å². The zero-order valence-electron chi connectivity index (χ0n) is 14.0. The lowest BCUT2D eigenvalue weighted by molar-refractivity contribution is -0.122. The van der Waals surface area contributed by atoms with E-state index in [2.05, 4.69) is 19.2 Å². The first-order chi connectivity index (χ1) is 10.5. The molecule has 0 radical (unpaired) electrons. The molecule has 0 saturated carbocycles. The maximum Gasteiger partial charge on any atom is 0.220 e. The molecule has 122 valence electrons. The minimum atomic E-state index is -0.0629.